The maximum absolute atomic E-state index is 4.88. The Morgan fingerprint density at radius 2 is 2.38 bits per heavy atom. The van der Waals surface area contributed by atoms with Crippen LogP contribution in [0.5, 0.6) is 0 Å². The Morgan fingerprint density at radius 1 is 1.75 bits per heavy atom. The van der Waals surface area contributed by atoms with E-state index < -0.39 is 0 Å². The summed E-state index contributed by atoms with van der Waals surface area (Å²) < 4.78 is 4.88. The van der Waals surface area contributed by atoms with E-state index in [0.29, 0.717) is 6.73 Å². The zero-order valence-electron chi connectivity index (χ0n) is 5.55. The van der Waals surface area contributed by atoms with Crippen molar-refractivity contribution in [2.24, 2.45) is 0 Å². The van der Waals surface area contributed by atoms with E-state index in [1.54, 1.807) is 0 Å². The maximum atomic E-state index is 4.88. The van der Waals surface area contributed by atoms with Crippen molar-refractivity contribution in [3.05, 3.63) is 12.8 Å². The van der Waals surface area contributed by atoms with Gasteiger partial charge < -0.3 is 4.74 Å². The van der Waals surface area contributed by atoms with E-state index in [-0.39, 0.29) is 0 Å². The maximum Gasteiger partial charge on any atom is 0.140 e. The van der Waals surface area contributed by atoms with E-state index in [9.17, 15) is 0 Å². The van der Waals surface area contributed by atoms with Crippen LogP contribution >= 0.6 is 0 Å². The summed E-state index contributed by atoms with van der Waals surface area (Å²) in [5.74, 6) is 0. The zero-order valence-corrected chi connectivity index (χ0v) is 5.55. The van der Waals surface area contributed by atoms with Crippen LogP contribution in [-0.2, 0) is 4.74 Å². The molecule has 2 heteroatoms. The predicted molar refractivity (Wildman–Crippen MR) is 34.5 cm³/mol. The van der Waals surface area contributed by atoms with E-state index in [2.05, 4.69) is 13.5 Å². The minimum atomic E-state index is 0.639. The molecule has 0 heterocycles. The standard InChI is InChI=1S/C6H13NO/c1-4-7(3)6-8-5-2/h5H,2,4,6H2,1,3H3. The van der Waals surface area contributed by atoms with Gasteiger partial charge in [0.25, 0.3) is 0 Å². The Labute approximate surface area is 50.7 Å². The second kappa shape index (κ2) is 4.65. The van der Waals surface area contributed by atoms with E-state index in [0.717, 1.165) is 6.54 Å². The lowest BCUT2D eigenvalue weighted by Crippen LogP contribution is -2.19. The van der Waals surface area contributed by atoms with Crippen molar-refractivity contribution < 1.29 is 4.74 Å². The Hall–Kier alpha value is -0.500. The summed E-state index contributed by atoms with van der Waals surface area (Å²) >= 11 is 0. The molecule has 0 aromatic rings. The van der Waals surface area contributed by atoms with Crippen molar-refractivity contribution >= 4 is 0 Å². The Balaban J connectivity index is 2.97. The molecule has 0 spiro atoms. The highest BCUT2D eigenvalue weighted by molar-refractivity contribution is 4.48. The average molecular weight is 115 g/mol. The van der Waals surface area contributed by atoms with Gasteiger partial charge in [0, 0.05) is 0 Å². The van der Waals surface area contributed by atoms with Crippen LogP contribution in [0.15, 0.2) is 12.8 Å². The first-order valence-electron chi connectivity index (χ1n) is 2.72. The first kappa shape index (κ1) is 7.50. The molecule has 0 fully saturated rings. The minimum absolute atomic E-state index is 0.639. The number of hydrogen-bond acceptors (Lipinski definition) is 2. The molecule has 2 nitrogen and oxygen atoms in total. The summed E-state index contributed by atoms with van der Waals surface area (Å²) in [7, 11) is 1.99. The third-order valence-electron chi connectivity index (χ3n) is 0.953. The molecule has 0 saturated heterocycles. The van der Waals surface area contributed by atoms with E-state index in [1.807, 2.05) is 11.9 Å². The predicted octanol–water partition coefficient (Wildman–Crippen LogP) is 1.06. The summed E-state index contributed by atoms with van der Waals surface area (Å²) in [5.41, 5.74) is 0. The molecule has 0 aliphatic heterocycles. The number of hydrogen-bond donors (Lipinski definition) is 0. The molecule has 0 rings (SSSR count). The monoisotopic (exact) mass is 115 g/mol. The molecule has 0 bridgehead atoms. The van der Waals surface area contributed by atoms with Gasteiger partial charge in [0.15, 0.2) is 0 Å². The third kappa shape index (κ3) is 3.68. The molecule has 0 atom stereocenters. The molecule has 0 radical (unpaired) electrons. The Kier molecular flexibility index (Phi) is 4.36. The smallest absolute Gasteiger partial charge is 0.140 e. The summed E-state index contributed by atoms with van der Waals surface area (Å²) in [4.78, 5) is 2.04. The quantitative estimate of drug-likeness (QED) is 0.401. The molecule has 8 heavy (non-hydrogen) atoms. The first-order valence-corrected chi connectivity index (χ1v) is 2.72. The molecular weight excluding hydrogens is 102 g/mol. The van der Waals surface area contributed by atoms with Crippen LogP contribution in [0.3, 0.4) is 0 Å². The molecule has 0 amide bonds. The highest BCUT2D eigenvalue weighted by Gasteiger charge is 1.87. The van der Waals surface area contributed by atoms with Gasteiger partial charge in [-0.05, 0) is 13.6 Å². The third-order valence-corrected chi connectivity index (χ3v) is 0.953. The van der Waals surface area contributed by atoms with Crippen molar-refractivity contribution in [2.45, 2.75) is 6.92 Å². The first-order chi connectivity index (χ1) is 3.81. The van der Waals surface area contributed by atoms with Crippen LogP contribution in [0.2, 0.25) is 0 Å². The van der Waals surface area contributed by atoms with Gasteiger partial charge in [0.1, 0.15) is 6.73 Å². The van der Waals surface area contributed by atoms with Crippen molar-refractivity contribution in [2.75, 3.05) is 20.3 Å². The Bertz CT molecular complexity index is 63.5. The van der Waals surface area contributed by atoms with Gasteiger partial charge in [0.05, 0.1) is 6.26 Å². The van der Waals surface area contributed by atoms with Gasteiger partial charge in [0.2, 0.25) is 0 Å². The molecular formula is C6H13NO. The van der Waals surface area contributed by atoms with Crippen molar-refractivity contribution in [1.82, 2.24) is 4.90 Å². The summed E-state index contributed by atoms with van der Waals surface area (Å²) in [5, 5.41) is 0. The molecule has 48 valence electrons. The molecule has 0 unspecified atom stereocenters. The van der Waals surface area contributed by atoms with Crippen LogP contribution < -0.4 is 0 Å². The fourth-order valence-corrected chi connectivity index (χ4v) is 0.271. The molecule has 0 saturated carbocycles. The average Bonchev–Trinajstić information content (AvgIpc) is 1.83. The van der Waals surface area contributed by atoms with Crippen LogP contribution in [-0.4, -0.2) is 25.2 Å². The van der Waals surface area contributed by atoms with Gasteiger partial charge in [-0.3, -0.25) is 4.90 Å². The van der Waals surface area contributed by atoms with Crippen LogP contribution in [0.1, 0.15) is 6.92 Å². The molecule has 0 N–H and O–H groups in total. The topological polar surface area (TPSA) is 12.5 Å². The summed E-state index contributed by atoms with van der Waals surface area (Å²) in [6.45, 7) is 7.14. The lowest BCUT2D eigenvalue weighted by molar-refractivity contribution is 0.118. The largest absolute Gasteiger partial charge is 0.486 e. The van der Waals surface area contributed by atoms with Crippen LogP contribution in [0.4, 0.5) is 0 Å². The van der Waals surface area contributed by atoms with E-state index >= 15 is 0 Å². The van der Waals surface area contributed by atoms with Crippen molar-refractivity contribution in [1.29, 1.82) is 0 Å². The SMILES string of the molecule is C=COCN(C)CC. The molecule has 0 aliphatic rings. The van der Waals surface area contributed by atoms with Crippen molar-refractivity contribution in [3.8, 4) is 0 Å². The fourth-order valence-electron chi connectivity index (χ4n) is 0.271. The van der Waals surface area contributed by atoms with Crippen LogP contribution in [0.25, 0.3) is 0 Å². The van der Waals surface area contributed by atoms with Gasteiger partial charge in [-0.15, -0.1) is 0 Å². The van der Waals surface area contributed by atoms with Crippen molar-refractivity contribution in [3.63, 3.8) is 0 Å². The number of ether oxygens (including phenoxy) is 1. The van der Waals surface area contributed by atoms with E-state index in [4.69, 9.17) is 4.74 Å². The number of rotatable bonds is 4. The summed E-state index contributed by atoms with van der Waals surface area (Å²) in [6.07, 6.45) is 1.45. The van der Waals surface area contributed by atoms with Gasteiger partial charge in [-0.25, -0.2) is 0 Å². The zero-order chi connectivity index (χ0) is 6.41. The highest BCUT2D eigenvalue weighted by atomic mass is 16.5. The highest BCUT2D eigenvalue weighted by Crippen LogP contribution is 1.80. The fraction of sp³-hybridized carbons (Fsp3) is 0.667. The molecule has 0 aromatic carbocycles. The van der Waals surface area contributed by atoms with Gasteiger partial charge in [-0.1, -0.05) is 13.5 Å². The number of nitrogens with zero attached hydrogens (tertiary/aromatic N) is 1. The minimum Gasteiger partial charge on any atom is -0.486 e. The second-order valence-electron chi connectivity index (χ2n) is 1.63. The lowest BCUT2D eigenvalue weighted by atomic mass is 10.7. The van der Waals surface area contributed by atoms with Gasteiger partial charge >= 0.3 is 0 Å². The molecule has 0 aliphatic carbocycles. The summed E-state index contributed by atoms with van der Waals surface area (Å²) in [6, 6.07) is 0. The molecule has 0 aromatic heterocycles. The van der Waals surface area contributed by atoms with E-state index in [1.165, 1.54) is 6.26 Å². The van der Waals surface area contributed by atoms with Crippen LogP contribution in [0, 0.1) is 0 Å². The second-order valence-corrected chi connectivity index (χ2v) is 1.63. The normalized spacial score (nSPS) is 9.38. The van der Waals surface area contributed by atoms with Gasteiger partial charge in [-0.2, -0.15) is 0 Å². The Morgan fingerprint density at radius 3 is 2.75 bits per heavy atom. The lowest BCUT2D eigenvalue weighted by Gasteiger charge is -2.11.